The highest BCUT2D eigenvalue weighted by Gasteiger charge is 2.09. The van der Waals surface area contributed by atoms with E-state index in [1.165, 1.54) is 9.60 Å². The average molecular weight is 242 g/mol. The predicted octanol–water partition coefficient (Wildman–Crippen LogP) is 3.92. The smallest absolute Gasteiger partial charge is 0.150 e. The summed E-state index contributed by atoms with van der Waals surface area (Å²) < 4.78 is 7.49. The number of fused-ring (bicyclic) bond motifs is 1. The number of methoxy groups -OCH3 is 1. The molecule has 1 aromatic heterocycles. The number of thiol groups is 1. The van der Waals surface area contributed by atoms with E-state index in [-0.39, 0.29) is 0 Å². The van der Waals surface area contributed by atoms with Gasteiger partial charge in [0.25, 0.3) is 0 Å². The van der Waals surface area contributed by atoms with Crippen molar-refractivity contribution < 1.29 is 4.74 Å². The van der Waals surface area contributed by atoms with Crippen LogP contribution >= 0.6 is 35.7 Å². The maximum atomic E-state index is 5.32. The molecule has 1 aromatic carbocycles. The van der Waals surface area contributed by atoms with Crippen molar-refractivity contribution in [2.45, 2.75) is 9.10 Å². The van der Waals surface area contributed by atoms with Crippen LogP contribution in [0.2, 0.25) is 0 Å². The lowest BCUT2D eigenvalue weighted by atomic mass is 10.2. The van der Waals surface area contributed by atoms with Crippen LogP contribution in [-0.2, 0) is 0 Å². The summed E-state index contributed by atoms with van der Waals surface area (Å²) in [5.41, 5.74) is 0. The third-order valence-corrected chi connectivity index (χ3v) is 4.19. The lowest BCUT2D eigenvalue weighted by Crippen LogP contribution is -1.80. The summed E-state index contributed by atoms with van der Waals surface area (Å²) in [4.78, 5) is 1.25. The van der Waals surface area contributed by atoms with Gasteiger partial charge in [0.2, 0.25) is 0 Å². The van der Waals surface area contributed by atoms with Gasteiger partial charge in [-0.2, -0.15) is 0 Å². The van der Waals surface area contributed by atoms with Crippen molar-refractivity contribution in [2.75, 3.05) is 13.4 Å². The van der Waals surface area contributed by atoms with E-state index in [2.05, 4.69) is 37.1 Å². The molecule has 0 aliphatic rings. The molecule has 0 fully saturated rings. The van der Waals surface area contributed by atoms with Crippen LogP contribution in [0.4, 0.5) is 0 Å². The minimum Gasteiger partial charge on any atom is -0.494 e. The van der Waals surface area contributed by atoms with Crippen molar-refractivity contribution in [3.8, 4) is 5.75 Å². The normalized spacial score (nSPS) is 10.8. The Kier molecular flexibility index (Phi) is 2.95. The molecule has 0 bridgehead atoms. The van der Waals surface area contributed by atoms with Gasteiger partial charge in [0.15, 0.2) is 5.75 Å². The second-order valence-corrected chi connectivity index (χ2v) is 5.48. The van der Waals surface area contributed by atoms with Crippen LogP contribution in [-0.4, -0.2) is 13.4 Å². The van der Waals surface area contributed by atoms with Crippen LogP contribution in [0.25, 0.3) is 10.1 Å². The van der Waals surface area contributed by atoms with Gasteiger partial charge in [-0.25, -0.2) is 0 Å². The van der Waals surface area contributed by atoms with Gasteiger partial charge < -0.3 is 4.74 Å². The summed E-state index contributed by atoms with van der Waals surface area (Å²) in [6.45, 7) is 0. The number of ether oxygens (including phenoxy) is 1. The summed E-state index contributed by atoms with van der Waals surface area (Å²) in [6.07, 6.45) is 2.07. The van der Waals surface area contributed by atoms with Crippen LogP contribution < -0.4 is 4.74 Å². The molecule has 0 saturated carbocycles. The first-order chi connectivity index (χ1) is 6.76. The number of rotatable bonds is 2. The Bertz CT molecular complexity index is 462. The first-order valence-electron chi connectivity index (χ1n) is 4.09. The summed E-state index contributed by atoms with van der Waals surface area (Å²) in [5.74, 6) is 0.893. The van der Waals surface area contributed by atoms with E-state index in [0.717, 1.165) is 15.3 Å². The van der Waals surface area contributed by atoms with Crippen molar-refractivity contribution in [3.05, 3.63) is 18.2 Å². The Balaban J connectivity index is 2.71. The summed E-state index contributed by atoms with van der Waals surface area (Å²) in [7, 11) is 1.69. The number of hydrogen-bond donors (Lipinski definition) is 1. The van der Waals surface area contributed by atoms with Crippen molar-refractivity contribution in [1.82, 2.24) is 0 Å². The van der Waals surface area contributed by atoms with Crippen LogP contribution in [0.5, 0.6) is 5.75 Å². The van der Waals surface area contributed by atoms with Gasteiger partial charge in [-0.15, -0.1) is 35.7 Å². The molecule has 0 N–H and O–H groups in total. The highest BCUT2D eigenvalue weighted by Crippen LogP contribution is 2.41. The number of benzene rings is 1. The number of thioether (sulfide) groups is 1. The van der Waals surface area contributed by atoms with Crippen molar-refractivity contribution in [1.29, 1.82) is 0 Å². The zero-order chi connectivity index (χ0) is 10.1. The van der Waals surface area contributed by atoms with Crippen molar-refractivity contribution in [2.24, 2.45) is 0 Å². The van der Waals surface area contributed by atoms with E-state index in [0.29, 0.717) is 0 Å². The second kappa shape index (κ2) is 4.04. The van der Waals surface area contributed by atoms with Gasteiger partial charge in [0.05, 0.1) is 7.11 Å². The predicted molar refractivity (Wildman–Crippen MR) is 67.4 cm³/mol. The number of hydrogen-bond acceptors (Lipinski definition) is 4. The molecule has 0 saturated heterocycles. The third kappa shape index (κ3) is 1.62. The van der Waals surface area contributed by atoms with Gasteiger partial charge in [0.1, 0.15) is 4.21 Å². The molecule has 14 heavy (non-hydrogen) atoms. The Morgan fingerprint density at radius 1 is 1.43 bits per heavy atom. The zero-order valence-electron chi connectivity index (χ0n) is 7.90. The number of thiophene rings is 1. The molecule has 0 unspecified atom stereocenters. The Labute approximate surface area is 96.9 Å². The van der Waals surface area contributed by atoms with Gasteiger partial charge in [-0.3, -0.25) is 0 Å². The SMILES string of the molecule is COc1c(S)sc2ccc(SC)cc12. The molecule has 0 aliphatic carbocycles. The van der Waals surface area contributed by atoms with E-state index in [4.69, 9.17) is 4.74 Å². The van der Waals surface area contributed by atoms with E-state index >= 15 is 0 Å². The molecule has 0 spiro atoms. The highest BCUT2D eigenvalue weighted by atomic mass is 32.2. The van der Waals surface area contributed by atoms with Gasteiger partial charge >= 0.3 is 0 Å². The zero-order valence-corrected chi connectivity index (χ0v) is 10.4. The summed E-state index contributed by atoms with van der Waals surface area (Å²) in [6, 6.07) is 6.39. The molecule has 1 nitrogen and oxygen atoms in total. The Morgan fingerprint density at radius 2 is 2.21 bits per heavy atom. The molecule has 0 radical (unpaired) electrons. The molecule has 2 rings (SSSR count). The average Bonchev–Trinajstić information content (AvgIpc) is 2.52. The first-order valence-corrected chi connectivity index (χ1v) is 6.58. The Morgan fingerprint density at radius 3 is 2.86 bits per heavy atom. The standard InChI is InChI=1S/C10H10OS3/c1-11-9-7-5-6(13-2)3-4-8(7)14-10(9)12/h3-5,12H,1-2H3. The van der Waals surface area contributed by atoms with E-state index in [9.17, 15) is 0 Å². The van der Waals surface area contributed by atoms with E-state index in [1.54, 1.807) is 30.2 Å². The van der Waals surface area contributed by atoms with Crippen LogP contribution in [0.1, 0.15) is 0 Å². The lowest BCUT2D eigenvalue weighted by molar-refractivity contribution is 0.413. The maximum absolute atomic E-state index is 5.32. The molecule has 1 heterocycles. The fourth-order valence-electron chi connectivity index (χ4n) is 1.37. The minimum atomic E-state index is 0.893. The molecule has 2 aromatic rings. The largest absolute Gasteiger partial charge is 0.494 e. The van der Waals surface area contributed by atoms with Gasteiger partial charge in [0, 0.05) is 15.0 Å². The highest BCUT2D eigenvalue weighted by molar-refractivity contribution is 7.98. The topological polar surface area (TPSA) is 9.23 Å². The quantitative estimate of drug-likeness (QED) is 0.631. The molecule has 0 amide bonds. The maximum Gasteiger partial charge on any atom is 0.150 e. The lowest BCUT2D eigenvalue weighted by Gasteiger charge is -1.99. The molecular formula is C10H10OS3. The van der Waals surface area contributed by atoms with Crippen LogP contribution in [0.3, 0.4) is 0 Å². The molecule has 74 valence electrons. The monoisotopic (exact) mass is 242 g/mol. The Hall–Kier alpha value is -0.320. The van der Waals surface area contributed by atoms with Crippen LogP contribution in [0.15, 0.2) is 27.3 Å². The van der Waals surface area contributed by atoms with Gasteiger partial charge in [-0.05, 0) is 24.5 Å². The van der Waals surface area contributed by atoms with Crippen molar-refractivity contribution in [3.63, 3.8) is 0 Å². The minimum absolute atomic E-state index is 0.893. The molecule has 4 heteroatoms. The summed E-state index contributed by atoms with van der Waals surface area (Å²) in [5, 5.41) is 1.16. The molecule has 0 atom stereocenters. The fourth-order valence-corrected chi connectivity index (χ4v) is 3.20. The first kappa shape index (κ1) is 10.2. The fraction of sp³-hybridized carbons (Fsp3) is 0.200. The second-order valence-electron chi connectivity index (χ2n) is 2.80. The third-order valence-electron chi connectivity index (χ3n) is 2.04. The molecular weight excluding hydrogens is 232 g/mol. The van der Waals surface area contributed by atoms with E-state index < -0.39 is 0 Å². The van der Waals surface area contributed by atoms with Crippen molar-refractivity contribution >= 4 is 45.8 Å². The van der Waals surface area contributed by atoms with Gasteiger partial charge in [-0.1, -0.05) is 0 Å². The molecule has 0 aliphatic heterocycles. The summed E-state index contributed by atoms with van der Waals surface area (Å²) >= 11 is 7.78. The van der Waals surface area contributed by atoms with E-state index in [1.807, 2.05) is 0 Å². The van der Waals surface area contributed by atoms with Crippen LogP contribution in [0, 0.1) is 0 Å².